The van der Waals surface area contributed by atoms with Crippen LogP contribution in [0.3, 0.4) is 0 Å². The van der Waals surface area contributed by atoms with Crippen molar-refractivity contribution < 1.29 is 24.3 Å². The summed E-state index contributed by atoms with van der Waals surface area (Å²) < 4.78 is 0. The molecular weight excluding hydrogens is 470 g/mol. The van der Waals surface area contributed by atoms with E-state index in [2.05, 4.69) is 10.5 Å². The zero-order chi connectivity index (χ0) is 26.2. The van der Waals surface area contributed by atoms with Crippen molar-refractivity contribution in [3.63, 3.8) is 0 Å². The molecule has 0 saturated carbocycles. The van der Waals surface area contributed by atoms with Crippen LogP contribution in [-0.2, 0) is 9.63 Å². The summed E-state index contributed by atoms with van der Waals surface area (Å²) in [5.41, 5.74) is 2.84. The van der Waals surface area contributed by atoms with Crippen LogP contribution in [0.25, 0.3) is 0 Å². The number of carbonyl (C=O) groups is 3. The highest BCUT2D eigenvalue weighted by molar-refractivity contribution is 6.09. The molecule has 2 atom stereocenters. The quantitative estimate of drug-likeness (QED) is 0.347. The Morgan fingerprint density at radius 3 is 2.19 bits per heavy atom. The number of benzene rings is 3. The number of hydrogen-bond acceptors (Lipinski definition) is 6. The number of oxime groups is 1. The summed E-state index contributed by atoms with van der Waals surface area (Å²) >= 11 is 0. The van der Waals surface area contributed by atoms with Crippen molar-refractivity contribution in [3.05, 3.63) is 107 Å². The summed E-state index contributed by atoms with van der Waals surface area (Å²) in [6.07, 6.45) is -0.367. The SMILES string of the molecule is CON=C1C[C@@H](CC(=O)NCC(O)c2ccccc2)N(C(=O)c2ccc(C(=O)c3ccccc3)cc2)C1. The van der Waals surface area contributed by atoms with Gasteiger partial charge in [0.15, 0.2) is 5.78 Å². The number of carbonyl (C=O) groups excluding carboxylic acids is 3. The predicted molar refractivity (Wildman–Crippen MR) is 139 cm³/mol. The number of aliphatic hydroxyl groups is 1. The van der Waals surface area contributed by atoms with Crippen LogP contribution >= 0.6 is 0 Å². The summed E-state index contributed by atoms with van der Waals surface area (Å²) in [5, 5.41) is 17.1. The fraction of sp³-hybridized carbons (Fsp3) is 0.241. The molecule has 2 amide bonds. The zero-order valence-corrected chi connectivity index (χ0v) is 20.5. The Labute approximate surface area is 215 Å². The van der Waals surface area contributed by atoms with Crippen LogP contribution in [0, 0.1) is 0 Å². The van der Waals surface area contributed by atoms with Crippen LogP contribution < -0.4 is 5.32 Å². The van der Waals surface area contributed by atoms with E-state index in [4.69, 9.17) is 4.84 Å². The number of likely N-dealkylation sites (tertiary alicyclic amines) is 1. The zero-order valence-electron chi connectivity index (χ0n) is 20.5. The Morgan fingerprint density at radius 2 is 1.54 bits per heavy atom. The van der Waals surface area contributed by atoms with Gasteiger partial charge in [-0.1, -0.05) is 78.0 Å². The van der Waals surface area contributed by atoms with Crippen molar-refractivity contribution in [2.75, 3.05) is 20.2 Å². The van der Waals surface area contributed by atoms with Crippen LogP contribution in [0.4, 0.5) is 0 Å². The van der Waals surface area contributed by atoms with E-state index in [0.717, 1.165) is 0 Å². The molecule has 3 aromatic carbocycles. The Kier molecular flexibility index (Phi) is 8.43. The van der Waals surface area contributed by atoms with Crippen LogP contribution in [0.15, 0.2) is 90.1 Å². The van der Waals surface area contributed by atoms with E-state index in [-0.39, 0.29) is 37.1 Å². The molecule has 1 unspecified atom stereocenters. The minimum Gasteiger partial charge on any atom is -0.399 e. The number of amides is 2. The van der Waals surface area contributed by atoms with Crippen molar-refractivity contribution in [2.24, 2.45) is 5.16 Å². The third-order valence-corrected chi connectivity index (χ3v) is 6.27. The number of nitrogens with zero attached hydrogens (tertiary/aromatic N) is 2. The van der Waals surface area contributed by atoms with Gasteiger partial charge in [-0.2, -0.15) is 0 Å². The number of aliphatic hydroxyl groups excluding tert-OH is 1. The first kappa shape index (κ1) is 25.8. The van der Waals surface area contributed by atoms with E-state index in [1.807, 2.05) is 24.3 Å². The van der Waals surface area contributed by atoms with E-state index < -0.39 is 12.1 Å². The molecule has 0 spiro atoms. The van der Waals surface area contributed by atoms with Gasteiger partial charge in [0.1, 0.15) is 7.11 Å². The molecule has 2 N–H and O–H groups in total. The minimum absolute atomic E-state index is 0.0561. The van der Waals surface area contributed by atoms with Gasteiger partial charge in [0.2, 0.25) is 5.91 Å². The molecule has 1 saturated heterocycles. The number of hydrogen-bond donors (Lipinski definition) is 2. The van der Waals surface area contributed by atoms with Gasteiger partial charge < -0.3 is 20.2 Å². The Hall–Kier alpha value is -4.30. The maximum Gasteiger partial charge on any atom is 0.254 e. The van der Waals surface area contributed by atoms with Crippen LogP contribution in [0.1, 0.15) is 50.8 Å². The second-order valence-corrected chi connectivity index (χ2v) is 8.84. The lowest BCUT2D eigenvalue weighted by atomic mass is 10.0. The lowest BCUT2D eigenvalue weighted by Crippen LogP contribution is -2.40. The topological polar surface area (TPSA) is 108 Å². The molecule has 1 heterocycles. The fourth-order valence-corrected chi connectivity index (χ4v) is 4.36. The minimum atomic E-state index is -0.825. The third-order valence-electron chi connectivity index (χ3n) is 6.27. The van der Waals surface area contributed by atoms with Crippen molar-refractivity contribution in [1.82, 2.24) is 10.2 Å². The van der Waals surface area contributed by atoms with Gasteiger partial charge in [-0.15, -0.1) is 0 Å². The van der Waals surface area contributed by atoms with Crippen LogP contribution in [0.5, 0.6) is 0 Å². The largest absolute Gasteiger partial charge is 0.399 e. The lowest BCUT2D eigenvalue weighted by Gasteiger charge is -2.24. The molecule has 37 heavy (non-hydrogen) atoms. The third kappa shape index (κ3) is 6.48. The molecule has 8 nitrogen and oxygen atoms in total. The smallest absolute Gasteiger partial charge is 0.254 e. The maximum atomic E-state index is 13.4. The maximum absolute atomic E-state index is 13.4. The van der Waals surface area contributed by atoms with Crippen molar-refractivity contribution in [1.29, 1.82) is 0 Å². The van der Waals surface area contributed by atoms with E-state index in [0.29, 0.717) is 34.4 Å². The molecule has 0 aromatic heterocycles. The summed E-state index contributed by atoms with van der Waals surface area (Å²) in [7, 11) is 1.44. The van der Waals surface area contributed by atoms with E-state index in [1.165, 1.54) is 7.11 Å². The molecule has 1 aliphatic heterocycles. The lowest BCUT2D eigenvalue weighted by molar-refractivity contribution is -0.122. The highest BCUT2D eigenvalue weighted by Crippen LogP contribution is 2.23. The first-order valence-corrected chi connectivity index (χ1v) is 12.1. The molecule has 4 rings (SSSR count). The van der Waals surface area contributed by atoms with E-state index in [9.17, 15) is 19.5 Å². The van der Waals surface area contributed by atoms with Crippen molar-refractivity contribution in [2.45, 2.75) is 25.0 Å². The number of ketones is 1. The van der Waals surface area contributed by atoms with Crippen LogP contribution in [0.2, 0.25) is 0 Å². The molecule has 3 aromatic rings. The fourth-order valence-electron chi connectivity index (χ4n) is 4.36. The Balaban J connectivity index is 1.42. The predicted octanol–water partition coefficient (Wildman–Crippen LogP) is 3.37. The molecule has 190 valence electrons. The van der Waals surface area contributed by atoms with Crippen molar-refractivity contribution >= 4 is 23.3 Å². The highest BCUT2D eigenvalue weighted by atomic mass is 16.6. The normalized spacial score (nSPS) is 16.9. The molecule has 1 fully saturated rings. The van der Waals surface area contributed by atoms with Gasteiger partial charge in [0.25, 0.3) is 5.91 Å². The van der Waals surface area contributed by atoms with Crippen LogP contribution in [-0.4, -0.2) is 59.6 Å². The first-order chi connectivity index (χ1) is 18.0. The van der Waals surface area contributed by atoms with Gasteiger partial charge >= 0.3 is 0 Å². The summed E-state index contributed by atoms with van der Waals surface area (Å²) in [4.78, 5) is 45.2. The Bertz CT molecular complexity index is 1260. The van der Waals surface area contributed by atoms with Gasteiger partial charge in [-0.25, -0.2) is 0 Å². The average molecular weight is 500 g/mol. The molecule has 1 aliphatic rings. The first-order valence-electron chi connectivity index (χ1n) is 12.1. The van der Waals surface area contributed by atoms with Gasteiger partial charge in [0, 0.05) is 42.1 Å². The van der Waals surface area contributed by atoms with Gasteiger partial charge in [0.05, 0.1) is 18.4 Å². The average Bonchev–Trinajstić information content (AvgIpc) is 3.34. The van der Waals surface area contributed by atoms with Gasteiger partial charge in [-0.05, 0) is 17.7 Å². The Morgan fingerprint density at radius 1 is 0.946 bits per heavy atom. The van der Waals surface area contributed by atoms with E-state index in [1.54, 1.807) is 65.6 Å². The van der Waals surface area contributed by atoms with Gasteiger partial charge in [-0.3, -0.25) is 14.4 Å². The van der Waals surface area contributed by atoms with Crippen molar-refractivity contribution in [3.8, 4) is 0 Å². The van der Waals surface area contributed by atoms with E-state index >= 15 is 0 Å². The molecule has 8 heteroatoms. The second kappa shape index (κ2) is 12.1. The molecule has 0 radical (unpaired) electrons. The molecule has 0 bridgehead atoms. The number of rotatable bonds is 9. The summed E-state index contributed by atoms with van der Waals surface area (Å²) in [6, 6.07) is 24.1. The summed E-state index contributed by atoms with van der Waals surface area (Å²) in [6.45, 7) is 0.307. The summed E-state index contributed by atoms with van der Waals surface area (Å²) in [5.74, 6) is -0.662. The standard InChI is InChI=1S/C29H29N3O5/c1-37-31-24-16-25(17-27(34)30-18-26(33)20-8-4-2-5-9-20)32(19-24)29(36)23-14-12-22(13-15-23)28(35)21-10-6-3-7-11-21/h2-15,25-26,33H,16-19H2,1H3,(H,30,34)/t25-,26?/m0/s1. The highest BCUT2D eigenvalue weighted by Gasteiger charge is 2.35. The number of nitrogens with one attached hydrogen (secondary N) is 1. The monoisotopic (exact) mass is 499 g/mol. The molecular formula is C29H29N3O5. The molecule has 0 aliphatic carbocycles. The second-order valence-electron chi connectivity index (χ2n) is 8.84.